The van der Waals surface area contributed by atoms with Gasteiger partial charge in [-0.3, -0.25) is 0 Å². The molecule has 0 spiro atoms. The van der Waals surface area contributed by atoms with Crippen LogP contribution in [0.1, 0.15) is 17.0 Å². The molecule has 0 saturated heterocycles. The molecule has 0 saturated carbocycles. The van der Waals surface area contributed by atoms with Crippen LogP contribution in [0, 0.1) is 6.92 Å². The molecule has 0 aliphatic carbocycles. The fourth-order valence-electron chi connectivity index (χ4n) is 2.33. The molecule has 23 heavy (non-hydrogen) atoms. The van der Waals surface area contributed by atoms with E-state index < -0.39 is 0 Å². The molecule has 0 bridgehead atoms. The van der Waals surface area contributed by atoms with E-state index in [1.54, 1.807) is 18.9 Å². The molecule has 4 nitrogen and oxygen atoms in total. The van der Waals surface area contributed by atoms with Gasteiger partial charge < -0.3 is 9.30 Å². The third kappa shape index (κ3) is 3.93. The molecule has 0 fully saturated rings. The molecule has 0 atom stereocenters. The molecule has 2 aromatic carbocycles. The fourth-order valence-corrected chi connectivity index (χ4v) is 3.25. The first kappa shape index (κ1) is 15.6. The van der Waals surface area contributed by atoms with Crippen LogP contribution >= 0.6 is 11.8 Å². The lowest BCUT2D eigenvalue weighted by molar-refractivity contribution is 0.414. The number of hydrogen-bond donors (Lipinski definition) is 0. The first-order valence-electron chi connectivity index (χ1n) is 7.45. The van der Waals surface area contributed by atoms with Crippen molar-refractivity contribution < 1.29 is 4.74 Å². The Labute approximate surface area is 140 Å². The monoisotopic (exact) mass is 325 g/mol. The Hall–Kier alpha value is -2.27. The molecule has 5 heteroatoms. The van der Waals surface area contributed by atoms with E-state index in [0.717, 1.165) is 29.0 Å². The van der Waals surface area contributed by atoms with Gasteiger partial charge in [0, 0.05) is 5.75 Å². The molecule has 118 valence electrons. The lowest BCUT2D eigenvalue weighted by Gasteiger charge is -2.09. The number of thioether (sulfide) groups is 1. The fraction of sp³-hybridized carbons (Fsp3) is 0.222. The second kappa shape index (κ2) is 7.33. The molecule has 3 aromatic rings. The lowest BCUT2D eigenvalue weighted by atomic mass is 10.2. The Bertz CT molecular complexity index is 771. The minimum Gasteiger partial charge on any atom is -0.497 e. The van der Waals surface area contributed by atoms with E-state index >= 15 is 0 Å². The quantitative estimate of drug-likeness (QED) is 0.644. The second-order valence-electron chi connectivity index (χ2n) is 5.24. The summed E-state index contributed by atoms with van der Waals surface area (Å²) in [5.41, 5.74) is 2.46. The topological polar surface area (TPSA) is 39.9 Å². The maximum atomic E-state index is 5.27. The highest BCUT2D eigenvalue weighted by molar-refractivity contribution is 7.98. The van der Waals surface area contributed by atoms with E-state index in [-0.39, 0.29) is 0 Å². The maximum absolute atomic E-state index is 5.27. The van der Waals surface area contributed by atoms with Gasteiger partial charge in [-0.1, -0.05) is 54.2 Å². The van der Waals surface area contributed by atoms with Gasteiger partial charge in [-0.25, -0.2) is 0 Å². The van der Waals surface area contributed by atoms with Crippen LogP contribution in [0.15, 0.2) is 59.8 Å². The smallest absolute Gasteiger partial charge is 0.191 e. The predicted octanol–water partition coefficient (Wildman–Crippen LogP) is 3.94. The minimum atomic E-state index is 0.792. The molecular weight excluding hydrogens is 306 g/mol. The summed E-state index contributed by atoms with van der Waals surface area (Å²) in [6.07, 6.45) is 0. The molecule has 3 rings (SSSR count). The van der Waals surface area contributed by atoms with E-state index in [4.69, 9.17) is 4.74 Å². The van der Waals surface area contributed by atoms with Crippen LogP contribution in [0.4, 0.5) is 0 Å². The standard InChI is InChI=1S/C18H19N3OS/c1-14-19-20-18(21(14)12-15-7-4-3-5-8-15)23-13-16-9-6-10-17(11-16)22-2/h3-11H,12-13H2,1-2H3. The van der Waals surface area contributed by atoms with Crippen LogP contribution < -0.4 is 4.74 Å². The van der Waals surface area contributed by atoms with Gasteiger partial charge >= 0.3 is 0 Å². The van der Waals surface area contributed by atoms with Gasteiger partial charge in [0.1, 0.15) is 11.6 Å². The zero-order valence-corrected chi connectivity index (χ0v) is 14.1. The molecule has 0 aliphatic rings. The summed E-state index contributed by atoms with van der Waals surface area (Å²) >= 11 is 1.69. The normalized spacial score (nSPS) is 10.7. The summed E-state index contributed by atoms with van der Waals surface area (Å²) in [4.78, 5) is 0. The van der Waals surface area contributed by atoms with Crippen molar-refractivity contribution in [2.24, 2.45) is 0 Å². The van der Waals surface area contributed by atoms with Crippen LogP contribution in [0.2, 0.25) is 0 Å². The Morgan fingerprint density at radius 2 is 1.78 bits per heavy atom. The van der Waals surface area contributed by atoms with Crippen LogP contribution in [0.5, 0.6) is 5.75 Å². The van der Waals surface area contributed by atoms with Crippen LogP contribution in [-0.2, 0) is 12.3 Å². The zero-order valence-electron chi connectivity index (χ0n) is 13.3. The van der Waals surface area contributed by atoms with Crippen molar-refractivity contribution in [3.05, 3.63) is 71.5 Å². The van der Waals surface area contributed by atoms with E-state index in [0.29, 0.717) is 0 Å². The number of aromatic nitrogens is 3. The number of nitrogens with zero attached hydrogens (tertiary/aromatic N) is 3. The maximum Gasteiger partial charge on any atom is 0.191 e. The molecule has 0 unspecified atom stereocenters. The van der Waals surface area contributed by atoms with Crippen LogP contribution in [0.3, 0.4) is 0 Å². The number of aryl methyl sites for hydroxylation is 1. The summed E-state index contributed by atoms with van der Waals surface area (Å²) in [6.45, 7) is 2.78. The number of ether oxygens (including phenoxy) is 1. The van der Waals surface area contributed by atoms with Crippen LogP contribution in [-0.4, -0.2) is 21.9 Å². The van der Waals surface area contributed by atoms with Crippen molar-refractivity contribution in [3.8, 4) is 5.75 Å². The highest BCUT2D eigenvalue weighted by Crippen LogP contribution is 2.24. The van der Waals surface area contributed by atoms with Crippen molar-refractivity contribution in [1.82, 2.24) is 14.8 Å². The number of rotatable bonds is 6. The first-order chi connectivity index (χ1) is 11.3. The van der Waals surface area contributed by atoms with Gasteiger partial charge in [0.05, 0.1) is 13.7 Å². The number of hydrogen-bond acceptors (Lipinski definition) is 4. The zero-order chi connectivity index (χ0) is 16.1. The summed E-state index contributed by atoms with van der Waals surface area (Å²) in [6, 6.07) is 18.5. The molecule has 0 N–H and O–H groups in total. The summed E-state index contributed by atoms with van der Waals surface area (Å²) in [5, 5.41) is 9.48. The van der Waals surface area contributed by atoms with Gasteiger partial charge in [-0.2, -0.15) is 0 Å². The van der Waals surface area contributed by atoms with Crippen molar-refractivity contribution in [2.75, 3.05) is 7.11 Å². The Balaban J connectivity index is 1.73. The SMILES string of the molecule is COc1cccc(CSc2nnc(C)n2Cc2ccccc2)c1. The van der Waals surface area contributed by atoms with Gasteiger partial charge in [-0.15, -0.1) is 10.2 Å². The summed E-state index contributed by atoms with van der Waals surface area (Å²) in [5.74, 6) is 2.65. The van der Waals surface area contributed by atoms with Crippen molar-refractivity contribution >= 4 is 11.8 Å². The first-order valence-corrected chi connectivity index (χ1v) is 8.44. The highest BCUT2D eigenvalue weighted by Gasteiger charge is 2.10. The van der Waals surface area contributed by atoms with Crippen molar-refractivity contribution in [1.29, 1.82) is 0 Å². The third-order valence-corrected chi connectivity index (χ3v) is 4.63. The van der Waals surface area contributed by atoms with Gasteiger partial charge in [0.25, 0.3) is 0 Å². The van der Waals surface area contributed by atoms with E-state index in [2.05, 4.69) is 51.2 Å². The van der Waals surface area contributed by atoms with Gasteiger partial charge in [0.15, 0.2) is 5.16 Å². The molecule has 0 amide bonds. The van der Waals surface area contributed by atoms with E-state index in [9.17, 15) is 0 Å². The number of methoxy groups -OCH3 is 1. The Kier molecular flexibility index (Phi) is 4.98. The predicted molar refractivity (Wildman–Crippen MR) is 92.9 cm³/mol. The average molecular weight is 325 g/mol. The molecular formula is C18H19N3OS. The van der Waals surface area contributed by atoms with Gasteiger partial charge in [0.2, 0.25) is 0 Å². The molecule has 0 radical (unpaired) electrons. The average Bonchev–Trinajstić information content (AvgIpc) is 2.94. The molecule has 1 heterocycles. The van der Waals surface area contributed by atoms with Crippen molar-refractivity contribution in [2.45, 2.75) is 24.4 Å². The van der Waals surface area contributed by atoms with Gasteiger partial charge in [-0.05, 0) is 30.2 Å². The highest BCUT2D eigenvalue weighted by atomic mass is 32.2. The summed E-state index contributed by atoms with van der Waals surface area (Å²) in [7, 11) is 1.69. The summed E-state index contributed by atoms with van der Waals surface area (Å²) < 4.78 is 7.42. The number of benzene rings is 2. The lowest BCUT2D eigenvalue weighted by Crippen LogP contribution is -2.03. The molecule has 1 aromatic heterocycles. The minimum absolute atomic E-state index is 0.792. The second-order valence-corrected chi connectivity index (χ2v) is 6.18. The Morgan fingerprint density at radius 1 is 1.00 bits per heavy atom. The van der Waals surface area contributed by atoms with Crippen molar-refractivity contribution in [3.63, 3.8) is 0 Å². The third-order valence-electron chi connectivity index (χ3n) is 3.59. The largest absolute Gasteiger partial charge is 0.497 e. The van der Waals surface area contributed by atoms with E-state index in [1.807, 2.05) is 25.1 Å². The molecule has 0 aliphatic heterocycles. The Morgan fingerprint density at radius 3 is 2.57 bits per heavy atom. The van der Waals surface area contributed by atoms with Crippen LogP contribution in [0.25, 0.3) is 0 Å². The van der Waals surface area contributed by atoms with E-state index in [1.165, 1.54) is 11.1 Å².